The molecule has 1 rings (SSSR count). The number of halogens is 1. The zero-order valence-corrected chi connectivity index (χ0v) is 6.72. The zero-order chi connectivity index (χ0) is 9.14. The van der Waals surface area contributed by atoms with Gasteiger partial charge in [0.2, 0.25) is 0 Å². The summed E-state index contributed by atoms with van der Waals surface area (Å²) in [5, 5.41) is 3.31. The number of ether oxygens (including phenoxy) is 1. The van der Waals surface area contributed by atoms with E-state index in [1.54, 1.807) is 0 Å². The van der Waals surface area contributed by atoms with Crippen molar-refractivity contribution in [2.45, 2.75) is 37.7 Å². The Morgan fingerprint density at radius 2 is 2.42 bits per heavy atom. The number of hydrogen-bond acceptors (Lipinski definition) is 2. The third-order valence-corrected chi connectivity index (χ3v) is 1.94. The largest absolute Gasteiger partial charge is 0.381 e. The van der Waals surface area contributed by atoms with Crippen LogP contribution in [0.5, 0.6) is 0 Å². The van der Waals surface area contributed by atoms with Crippen molar-refractivity contribution in [3.8, 4) is 0 Å². The molecule has 0 aromatic rings. The number of hydrogen-bond donors (Lipinski definition) is 0. The first-order valence-corrected chi connectivity index (χ1v) is 3.80. The summed E-state index contributed by atoms with van der Waals surface area (Å²) in [4.78, 5) is 2.55. The minimum atomic E-state index is -1.38. The van der Waals surface area contributed by atoms with Crippen LogP contribution in [0.1, 0.15) is 13.3 Å². The molecule has 1 fully saturated rings. The molecular weight excluding hydrogens is 160 g/mol. The smallest absolute Gasteiger partial charge is 0.128 e. The maximum Gasteiger partial charge on any atom is 0.128 e. The summed E-state index contributed by atoms with van der Waals surface area (Å²) in [6.45, 7) is 1.83. The average molecular weight is 169 g/mol. The van der Waals surface area contributed by atoms with Crippen LogP contribution in [0.3, 0.4) is 0 Å². The van der Waals surface area contributed by atoms with Crippen LogP contribution in [-0.4, -0.2) is 32.2 Å². The second kappa shape index (κ2) is 3.78. The predicted octanol–water partition coefficient (Wildman–Crippen LogP) is 1.31. The van der Waals surface area contributed by atoms with Crippen molar-refractivity contribution in [3.63, 3.8) is 0 Å². The van der Waals surface area contributed by atoms with Gasteiger partial charge < -0.3 is 4.74 Å². The molecule has 0 aromatic carbocycles. The number of alkyl halides is 1. The molecule has 0 amide bonds. The fourth-order valence-corrected chi connectivity index (χ4v) is 1.29. The standard InChI is InChI=1S/C6H9BFN3O/c1-2-3-5(10-11-9)4(8)6(7)12-3/h3-6H,2H2,1H3. The van der Waals surface area contributed by atoms with Gasteiger partial charge >= 0.3 is 0 Å². The maximum absolute atomic E-state index is 13.1. The van der Waals surface area contributed by atoms with Gasteiger partial charge in [-0.15, -0.1) is 0 Å². The van der Waals surface area contributed by atoms with Crippen molar-refractivity contribution >= 4 is 7.85 Å². The molecule has 12 heavy (non-hydrogen) atoms. The van der Waals surface area contributed by atoms with Gasteiger partial charge in [0.1, 0.15) is 14.0 Å². The van der Waals surface area contributed by atoms with Gasteiger partial charge in [-0.25, -0.2) is 4.39 Å². The molecule has 1 heterocycles. The molecule has 4 nitrogen and oxygen atoms in total. The zero-order valence-electron chi connectivity index (χ0n) is 6.72. The number of rotatable bonds is 2. The molecule has 6 heteroatoms. The molecule has 0 bridgehead atoms. The molecule has 0 spiro atoms. The summed E-state index contributed by atoms with van der Waals surface area (Å²) >= 11 is 0. The van der Waals surface area contributed by atoms with Gasteiger partial charge in [0.25, 0.3) is 0 Å². The van der Waals surface area contributed by atoms with Crippen LogP contribution < -0.4 is 0 Å². The molecule has 1 aliphatic rings. The van der Waals surface area contributed by atoms with E-state index in [0.29, 0.717) is 6.42 Å². The van der Waals surface area contributed by atoms with E-state index in [1.165, 1.54) is 0 Å². The van der Waals surface area contributed by atoms with E-state index >= 15 is 0 Å². The molecule has 4 atom stereocenters. The van der Waals surface area contributed by atoms with Gasteiger partial charge in [0, 0.05) is 10.9 Å². The highest BCUT2D eigenvalue weighted by atomic mass is 19.1. The number of nitrogens with zero attached hydrogens (tertiary/aromatic N) is 3. The summed E-state index contributed by atoms with van der Waals surface area (Å²) in [7, 11) is 5.28. The first-order valence-electron chi connectivity index (χ1n) is 3.80. The summed E-state index contributed by atoms with van der Waals surface area (Å²) < 4.78 is 18.1. The molecule has 4 unspecified atom stereocenters. The summed E-state index contributed by atoms with van der Waals surface area (Å²) in [5.74, 6) is 0. The highest BCUT2D eigenvalue weighted by Gasteiger charge is 2.40. The van der Waals surface area contributed by atoms with E-state index < -0.39 is 18.2 Å². The Balaban J connectivity index is 2.72. The number of azide groups is 1. The van der Waals surface area contributed by atoms with Crippen molar-refractivity contribution in [2.24, 2.45) is 5.11 Å². The van der Waals surface area contributed by atoms with Crippen molar-refractivity contribution in [3.05, 3.63) is 10.4 Å². The van der Waals surface area contributed by atoms with E-state index in [1.807, 2.05) is 6.92 Å². The fraction of sp³-hybridized carbons (Fsp3) is 1.00. The lowest BCUT2D eigenvalue weighted by Gasteiger charge is -2.10. The first-order chi connectivity index (χ1) is 5.70. The normalized spacial score (nSPS) is 40.8. The SMILES string of the molecule is [B]C1OC(CC)C(N=[N+]=[N-])C1F. The molecule has 1 saturated heterocycles. The first kappa shape index (κ1) is 9.35. The molecule has 0 N–H and O–H groups in total. The minimum Gasteiger partial charge on any atom is -0.381 e. The summed E-state index contributed by atoms with van der Waals surface area (Å²) in [6, 6.07) is -1.72. The lowest BCUT2D eigenvalue weighted by atomic mass is 9.93. The lowest BCUT2D eigenvalue weighted by molar-refractivity contribution is 0.0722. The van der Waals surface area contributed by atoms with Gasteiger partial charge in [-0.05, 0) is 12.0 Å². The third-order valence-electron chi connectivity index (χ3n) is 1.94. The molecular formula is C6H9BFN3O. The highest BCUT2D eigenvalue weighted by molar-refractivity contribution is 6.11. The van der Waals surface area contributed by atoms with Gasteiger partial charge in [0.05, 0.1) is 12.1 Å². The van der Waals surface area contributed by atoms with E-state index in [9.17, 15) is 4.39 Å². The summed E-state index contributed by atoms with van der Waals surface area (Å²) in [5.41, 5.74) is 8.14. The van der Waals surface area contributed by atoms with Crippen LogP contribution in [-0.2, 0) is 4.74 Å². The van der Waals surface area contributed by atoms with Crippen LogP contribution in [0.15, 0.2) is 5.11 Å². The van der Waals surface area contributed by atoms with E-state index in [4.69, 9.17) is 18.1 Å². The van der Waals surface area contributed by atoms with E-state index in [2.05, 4.69) is 10.0 Å². The molecule has 64 valence electrons. The average Bonchev–Trinajstić information content (AvgIpc) is 2.33. The molecule has 0 saturated carbocycles. The minimum absolute atomic E-state index is 0.383. The van der Waals surface area contributed by atoms with Crippen LogP contribution >= 0.6 is 0 Å². The third kappa shape index (κ3) is 1.54. The second-order valence-electron chi connectivity index (χ2n) is 2.69. The van der Waals surface area contributed by atoms with E-state index in [-0.39, 0.29) is 6.10 Å². The Kier molecular flexibility index (Phi) is 2.95. The Labute approximate surface area is 71.1 Å². The van der Waals surface area contributed by atoms with Crippen molar-refractivity contribution < 1.29 is 9.13 Å². The monoisotopic (exact) mass is 169 g/mol. The Bertz CT molecular complexity index is 209. The van der Waals surface area contributed by atoms with Gasteiger partial charge in [-0.2, -0.15) is 0 Å². The van der Waals surface area contributed by atoms with Crippen LogP contribution in [0.4, 0.5) is 4.39 Å². The van der Waals surface area contributed by atoms with Gasteiger partial charge in [-0.3, -0.25) is 0 Å². The van der Waals surface area contributed by atoms with Crippen molar-refractivity contribution in [1.82, 2.24) is 0 Å². The maximum atomic E-state index is 13.1. The Morgan fingerprint density at radius 1 is 1.75 bits per heavy atom. The summed E-state index contributed by atoms with van der Waals surface area (Å²) in [6.07, 6.45) is -1.17. The quantitative estimate of drug-likeness (QED) is 0.266. The predicted molar refractivity (Wildman–Crippen MR) is 42.5 cm³/mol. The van der Waals surface area contributed by atoms with Crippen molar-refractivity contribution in [2.75, 3.05) is 0 Å². The fourth-order valence-electron chi connectivity index (χ4n) is 1.29. The van der Waals surface area contributed by atoms with Crippen LogP contribution in [0.2, 0.25) is 0 Å². The van der Waals surface area contributed by atoms with Crippen LogP contribution in [0, 0.1) is 0 Å². The van der Waals surface area contributed by atoms with E-state index in [0.717, 1.165) is 0 Å². The van der Waals surface area contributed by atoms with Crippen molar-refractivity contribution in [1.29, 1.82) is 0 Å². The molecule has 2 radical (unpaired) electrons. The lowest BCUT2D eigenvalue weighted by Crippen LogP contribution is -2.26. The molecule has 0 aliphatic carbocycles. The van der Waals surface area contributed by atoms with Crippen LogP contribution in [0.25, 0.3) is 10.4 Å². The topological polar surface area (TPSA) is 58.0 Å². The van der Waals surface area contributed by atoms with Gasteiger partial charge in [0.15, 0.2) is 0 Å². The van der Waals surface area contributed by atoms with Gasteiger partial charge in [-0.1, -0.05) is 12.0 Å². The highest BCUT2D eigenvalue weighted by Crippen LogP contribution is 2.26. The molecule has 0 aromatic heterocycles. The Hall–Kier alpha value is -0.735. The second-order valence-corrected chi connectivity index (χ2v) is 2.69. The Morgan fingerprint density at radius 3 is 2.92 bits per heavy atom. The molecule has 1 aliphatic heterocycles.